The number of nitrogens with one attached hydrogen (secondary N) is 1. The molecule has 1 atom stereocenters. The highest BCUT2D eigenvalue weighted by molar-refractivity contribution is 6.03. The number of hydrogen-bond donors (Lipinski definition) is 1. The van der Waals surface area contributed by atoms with Crippen LogP contribution in [-0.2, 0) is 14.3 Å². The molecule has 4 rings (SSSR count). The first-order valence-corrected chi connectivity index (χ1v) is 10.2. The monoisotopic (exact) mass is 407 g/mol. The van der Waals surface area contributed by atoms with Crippen LogP contribution in [0.15, 0.2) is 48.5 Å². The van der Waals surface area contributed by atoms with Crippen molar-refractivity contribution in [2.75, 3.05) is 34.8 Å². The Balaban J connectivity index is 1.44. The van der Waals surface area contributed by atoms with E-state index in [1.54, 1.807) is 29.2 Å². The van der Waals surface area contributed by atoms with Gasteiger partial charge in [-0.05, 0) is 41.8 Å². The minimum absolute atomic E-state index is 0.0513. The summed E-state index contributed by atoms with van der Waals surface area (Å²) in [7, 11) is 0. The highest BCUT2D eigenvalue weighted by atomic mass is 16.6. The molecule has 7 heteroatoms. The van der Waals surface area contributed by atoms with Crippen molar-refractivity contribution in [3.63, 3.8) is 0 Å². The molecule has 0 saturated carbocycles. The summed E-state index contributed by atoms with van der Waals surface area (Å²) >= 11 is 0. The van der Waals surface area contributed by atoms with Gasteiger partial charge in [0.15, 0.2) is 0 Å². The Morgan fingerprint density at radius 1 is 1.07 bits per heavy atom. The molecule has 30 heavy (non-hydrogen) atoms. The lowest BCUT2D eigenvalue weighted by Crippen LogP contribution is -2.28. The third-order valence-corrected chi connectivity index (χ3v) is 5.53. The second-order valence-electron chi connectivity index (χ2n) is 7.96. The Morgan fingerprint density at radius 2 is 1.80 bits per heavy atom. The maximum Gasteiger partial charge on any atom is 0.414 e. The molecule has 2 aromatic carbocycles. The first kappa shape index (κ1) is 19.9. The SMILES string of the molecule is CC(C)c1cccc(N2CC(C(=O)Nc3cccc(N4CCOC4=O)c3)CC2=O)c1. The number of benzene rings is 2. The number of anilines is 3. The maximum atomic E-state index is 12.8. The molecule has 7 nitrogen and oxygen atoms in total. The lowest BCUT2D eigenvalue weighted by atomic mass is 10.0. The van der Waals surface area contributed by atoms with Gasteiger partial charge in [0.25, 0.3) is 0 Å². The lowest BCUT2D eigenvalue weighted by molar-refractivity contribution is -0.122. The molecular weight excluding hydrogens is 382 g/mol. The molecular formula is C23H25N3O4. The highest BCUT2D eigenvalue weighted by Gasteiger charge is 2.35. The largest absolute Gasteiger partial charge is 0.447 e. The van der Waals surface area contributed by atoms with Gasteiger partial charge in [-0.15, -0.1) is 0 Å². The van der Waals surface area contributed by atoms with E-state index in [1.165, 1.54) is 4.90 Å². The molecule has 0 bridgehead atoms. The van der Waals surface area contributed by atoms with Gasteiger partial charge in [0, 0.05) is 30.0 Å². The molecule has 0 aromatic heterocycles. The molecule has 2 saturated heterocycles. The van der Waals surface area contributed by atoms with Crippen LogP contribution in [0.4, 0.5) is 21.9 Å². The van der Waals surface area contributed by atoms with Crippen LogP contribution in [0.3, 0.4) is 0 Å². The minimum Gasteiger partial charge on any atom is -0.447 e. The number of hydrogen-bond acceptors (Lipinski definition) is 4. The van der Waals surface area contributed by atoms with Gasteiger partial charge >= 0.3 is 6.09 Å². The topological polar surface area (TPSA) is 79.0 Å². The predicted octanol–water partition coefficient (Wildman–Crippen LogP) is 3.76. The van der Waals surface area contributed by atoms with Gasteiger partial charge in [0.2, 0.25) is 11.8 Å². The van der Waals surface area contributed by atoms with Crippen LogP contribution in [0.1, 0.15) is 31.7 Å². The fraction of sp³-hybridized carbons (Fsp3) is 0.348. The Hall–Kier alpha value is -3.35. The van der Waals surface area contributed by atoms with Crippen molar-refractivity contribution in [1.82, 2.24) is 0 Å². The van der Waals surface area contributed by atoms with E-state index >= 15 is 0 Å². The van der Waals surface area contributed by atoms with E-state index in [4.69, 9.17) is 4.74 Å². The molecule has 2 aromatic rings. The second-order valence-corrected chi connectivity index (χ2v) is 7.96. The highest BCUT2D eigenvalue weighted by Crippen LogP contribution is 2.29. The quantitative estimate of drug-likeness (QED) is 0.819. The van der Waals surface area contributed by atoms with Crippen molar-refractivity contribution in [3.8, 4) is 0 Å². The Morgan fingerprint density at radius 3 is 2.50 bits per heavy atom. The fourth-order valence-corrected chi connectivity index (χ4v) is 3.81. The van der Waals surface area contributed by atoms with Crippen LogP contribution in [0.25, 0.3) is 0 Å². The average Bonchev–Trinajstić information content (AvgIpc) is 3.34. The number of ether oxygens (including phenoxy) is 1. The average molecular weight is 407 g/mol. The molecule has 0 radical (unpaired) electrons. The van der Waals surface area contributed by atoms with Gasteiger partial charge in [-0.3, -0.25) is 14.5 Å². The van der Waals surface area contributed by atoms with E-state index in [1.807, 2.05) is 24.3 Å². The zero-order valence-corrected chi connectivity index (χ0v) is 17.1. The normalized spacial score (nSPS) is 18.8. The van der Waals surface area contributed by atoms with Crippen LogP contribution in [-0.4, -0.2) is 37.6 Å². The van der Waals surface area contributed by atoms with Gasteiger partial charge in [0.05, 0.1) is 12.5 Å². The first-order valence-electron chi connectivity index (χ1n) is 10.2. The number of carbonyl (C=O) groups is 3. The van der Waals surface area contributed by atoms with Gasteiger partial charge in [0.1, 0.15) is 6.61 Å². The summed E-state index contributed by atoms with van der Waals surface area (Å²) in [5.74, 6) is -0.320. The first-order chi connectivity index (χ1) is 14.4. The van der Waals surface area contributed by atoms with E-state index in [0.717, 1.165) is 11.3 Å². The van der Waals surface area contributed by atoms with Crippen LogP contribution < -0.4 is 15.1 Å². The number of cyclic esters (lactones) is 1. The van der Waals surface area contributed by atoms with Crippen molar-refractivity contribution in [1.29, 1.82) is 0 Å². The lowest BCUT2D eigenvalue weighted by Gasteiger charge is -2.19. The molecule has 2 heterocycles. The van der Waals surface area contributed by atoms with Crippen molar-refractivity contribution < 1.29 is 19.1 Å². The Labute approximate surface area is 175 Å². The molecule has 156 valence electrons. The second kappa shape index (κ2) is 8.18. The van der Waals surface area contributed by atoms with Crippen LogP contribution in [0.5, 0.6) is 0 Å². The van der Waals surface area contributed by atoms with Gasteiger partial charge < -0.3 is 15.0 Å². The van der Waals surface area contributed by atoms with Gasteiger partial charge in [-0.2, -0.15) is 0 Å². The fourth-order valence-electron chi connectivity index (χ4n) is 3.81. The third-order valence-electron chi connectivity index (χ3n) is 5.53. The summed E-state index contributed by atoms with van der Waals surface area (Å²) in [6, 6.07) is 15.0. The van der Waals surface area contributed by atoms with E-state index in [9.17, 15) is 14.4 Å². The maximum absolute atomic E-state index is 12.8. The van der Waals surface area contributed by atoms with Gasteiger partial charge in [-0.1, -0.05) is 32.0 Å². The van der Waals surface area contributed by atoms with Crippen molar-refractivity contribution in [2.24, 2.45) is 5.92 Å². The van der Waals surface area contributed by atoms with E-state index in [0.29, 0.717) is 37.0 Å². The van der Waals surface area contributed by atoms with Crippen LogP contribution in [0.2, 0.25) is 0 Å². The van der Waals surface area contributed by atoms with E-state index in [2.05, 4.69) is 19.2 Å². The summed E-state index contributed by atoms with van der Waals surface area (Å²) in [5, 5.41) is 2.89. The van der Waals surface area contributed by atoms with Gasteiger partial charge in [-0.25, -0.2) is 4.79 Å². The number of amides is 3. The Kier molecular flexibility index (Phi) is 5.44. The minimum atomic E-state index is -0.430. The summed E-state index contributed by atoms with van der Waals surface area (Å²) in [5.41, 5.74) is 3.25. The molecule has 1 unspecified atom stereocenters. The summed E-state index contributed by atoms with van der Waals surface area (Å²) < 4.78 is 4.97. The van der Waals surface area contributed by atoms with E-state index < -0.39 is 5.92 Å². The van der Waals surface area contributed by atoms with Crippen LogP contribution in [0, 0.1) is 5.92 Å². The molecule has 2 aliphatic heterocycles. The molecule has 0 aliphatic carbocycles. The van der Waals surface area contributed by atoms with Crippen LogP contribution >= 0.6 is 0 Å². The van der Waals surface area contributed by atoms with E-state index in [-0.39, 0.29) is 24.3 Å². The predicted molar refractivity (Wildman–Crippen MR) is 115 cm³/mol. The number of rotatable bonds is 5. The van der Waals surface area contributed by atoms with Crippen molar-refractivity contribution in [2.45, 2.75) is 26.2 Å². The Bertz CT molecular complexity index is 988. The smallest absolute Gasteiger partial charge is 0.414 e. The summed E-state index contributed by atoms with van der Waals surface area (Å²) in [4.78, 5) is 40.4. The molecule has 0 spiro atoms. The van der Waals surface area contributed by atoms with Crippen molar-refractivity contribution in [3.05, 3.63) is 54.1 Å². The molecule has 1 N–H and O–H groups in total. The number of nitrogens with zero attached hydrogens (tertiary/aromatic N) is 2. The van der Waals surface area contributed by atoms with Crippen molar-refractivity contribution >= 4 is 35.0 Å². The standard InChI is InChI=1S/C23H25N3O4/c1-15(2)16-5-3-7-19(11-16)26-14-17(12-21(26)27)22(28)24-18-6-4-8-20(13-18)25-9-10-30-23(25)29/h3-8,11,13,15,17H,9-10,12,14H2,1-2H3,(H,24,28). The zero-order chi connectivity index (χ0) is 21.3. The molecule has 2 aliphatic rings. The zero-order valence-electron chi connectivity index (χ0n) is 17.1. The third kappa shape index (κ3) is 4.01. The molecule has 3 amide bonds. The summed E-state index contributed by atoms with van der Waals surface area (Å²) in [6.45, 7) is 5.41. The summed E-state index contributed by atoms with van der Waals surface area (Å²) in [6.07, 6.45) is -0.213. The molecule has 2 fully saturated rings. The number of carbonyl (C=O) groups excluding carboxylic acids is 3.